The average Bonchev–Trinajstić information content (AvgIpc) is 1.02. The summed E-state index contributed by atoms with van der Waals surface area (Å²) in [6, 6.07) is -1.28. The smallest absolute Gasteiger partial charge is 0.411 e. The quantitative estimate of drug-likeness (QED) is 0.0142. The molecule has 7 rings (SSSR count). The Morgan fingerprint density at radius 3 is 2.30 bits per heavy atom. The van der Waals surface area contributed by atoms with E-state index in [0.29, 0.717) is 15.7 Å². The van der Waals surface area contributed by atoms with E-state index in [-0.39, 0.29) is 105 Å². The number of alkyl carbamates (subject to hydrolysis) is 1. The van der Waals surface area contributed by atoms with Gasteiger partial charge in [0.05, 0.1) is 104 Å². The van der Waals surface area contributed by atoms with Crippen LogP contribution < -0.4 is 30.3 Å². The number of methoxy groups -OCH3 is 5. The second-order valence-electron chi connectivity index (χ2n) is 21.0. The number of rotatable bonds is 23. The number of likely N-dealkylation sites (N-methyl/N-ethyl adjacent to an activating group) is 1. The van der Waals surface area contributed by atoms with Crippen molar-refractivity contribution in [2.24, 2.45) is 0 Å². The van der Waals surface area contributed by atoms with Gasteiger partial charge in [-0.25, -0.2) is 4.79 Å². The van der Waals surface area contributed by atoms with Crippen LogP contribution in [-0.4, -0.2) is 234 Å². The molecule has 10 N–H and O–H groups in total. The van der Waals surface area contributed by atoms with Gasteiger partial charge in [-0.05, 0) is 74.5 Å². The number of halogens is 1. The number of hydroxylamine groups is 1. The SMILES string of the molecule is CCN[C@H]1CO[C@@H](O[C@H]2[C@H](O[C@H]3C#CC=CC#C[C@]4(O)CC(=O)C(NC(=O)OC)=C3/C4=C\CSS[C@H](C)CO)O[C@H](C)[C@@H](NO[C@H]3C[C@H](O)[C@H]([SH]=C(O)c4c(C)c(I)c(O[C@@H]5O[C@@H](C)[C@H](O)[C@@H](OC)[C@H]5O)c(OC)c4OC)[C@@H](C)O3)[C@@H]2O)C[C@@H]1OC. The second-order valence-corrected chi connectivity index (χ2v) is 26.2. The average molecular weight is 1380 g/mol. The Morgan fingerprint density at radius 1 is 0.919 bits per heavy atom. The van der Waals surface area contributed by atoms with Crippen LogP contribution in [0.15, 0.2) is 35.1 Å². The molecule has 25 nitrogen and oxygen atoms in total. The molecule has 86 heavy (non-hydrogen) atoms. The van der Waals surface area contributed by atoms with Crippen LogP contribution in [0.3, 0.4) is 0 Å². The van der Waals surface area contributed by atoms with Crippen molar-refractivity contribution in [3.05, 3.63) is 49.8 Å². The Kier molecular flexibility index (Phi) is 26.3. The fraction of sp³-hybridized carbons (Fsp3) is 0.667. The molecule has 0 unspecified atom stereocenters. The monoisotopic (exact) mass is 1380 g/mol. The standard InChI is InChI=1S/C57H80IN3O22S3/c1-12-59-32-25-76-37(22-36(32)71-7)81-50-45(66)42(28(4)78-55(50)80-35-17-15-13-14-16-19-57(70)23-34(64)43(60-56(69)75-11)40(35)31(57)18-20-84-86-26(2)24-62)61-83-38-21-33(63)52(30(6)77-38)85-53(68)39-27(3)41(58)48(51(74-10)47(39)72-8)82-54-46(67)49(73-9)44(65)29(5)79-54/h13-14,18,26,28-30,32-33,35-38,42,44-46,49-50,52,54-55,59,61-63,65-68,70,85H,12,20-25H2,1-11H3,(H,60,69)/b14-13?,31-18+/t26-,28-,29+,30-,32+,33+,35+,36+,37+,38+,42-,44+,45+,46-,49-,50-,52-,54+,55+,57+/m1/s1. The molecule has 4 saturated heterocycles. The normalized spacial score (nSPS) is 35.7. The van der Waals surface area contributed by atoms with Gasteiger partial charge in [0.1, 0.15) is 41.7 Å². The van der Waals surface area contributed by atoms with E-state index >= 15 is 0 Å². The van der Waals surface area contributed by atoms with Crippen molar-refractivity contribution in [3.63, 3.8) is 0 Å². The summed E-state index contributed by atoms with van der Waals surface area (Å²) < 4.78 is 72.8. The number of hydrogen-bond acceptors (Lipinski definition) is 25. The number of hydrogen-bond donors (Lipinski definition) is 11. The highest BCUT2D eigenvalue weighted by molar-refractivity contribution is 14.1. The Bertz CT molecular complexity index is 2780. The van der Waals surface area contributed by atoms with E-state index in [4.69, 9.17) is 61.7 Å². The zero-order chi connectivity index (χ0) is 62.7. The van der Waals surface area contributed by atoms with Gasteiger partial charge < -0.3 is 97.9 Å². The third kappa shape index (κ3) is 16.3. The van der Waals surface area contributed by atoms with Gasteiger partial charge in [0, 0.05) is 49.2 Å². The van der Waals surface area contributed by atoms with E-state index in [2.05, 4.69) is 39.8 Å². The molecule has 0 spiro atoms. The third-order valence-corrected chi connectivity index (χ3v) is 20.8. The number of amides is 1. The maximum atomic E-state index is 14.1. The van der Waals surface area contributed by atoms with Gasteiger partial charge in [0.2, 0.25) is 12.0 Å². The molecule has 480 valence electrons. The summed E-state index contributed by atoms with van der Waals surface area (Å²) in [6.07, 6.45) is -13.8. The van der Waals surface area contributed by atoms with Crippen molar-refractivity contribution in [1.82, 2.24) is 16.1 Å². The van der Waals surface area contributed by atoms with Crippen molar-refractivity contribution in [1.29, 1.82) is 0 Å². The maximum Gasteiger partial charge on any atom is 0.411 e. The molecule has 2 aliphatic carbocycles. The largest absolute Gasteiger partial charge is 0.492 e. The third-order valence-electron chi connectivity index (χ3n) is 15.2. The predicted molar refractivity (Wildman–Crippen MR) is 326 cm³/mol. The summed E-state index contributed by atoms with van der Waals surface area (Å²) in [5.41, 5.74) is 1.35. The summed E-state index contributed by atoms with van der Waals surface area (Å²) in [5, 5.41) is 84.8. The highest BCUT2D eigenvalue weighted by Crippen LogP contribution is 2.48. The number of fused-ring (bicyclic) bond motifs is 2. The van der Waals surface area contributed by atoms with Crippen LogP contribution in [0.4, 0.5) is 4.79 Å². The minimum absolute atomic E-state index is 0.0511. The second kappa shape index (κ2) is 32.2. The minimum Gasteiger partial charge on any atom is -0.492 e. The van der Waals surface area contributed by atoms with E-state index in [1.807, 2.05) is 36.4 Å². The van der Waals surface area contributed by atoms with Crippen LogP contribution in [0, 0.1) is 34.2 Å². The van der Waals surface area contributed by atoms with Crippen molar-refractivity contribution >= 4 is 72.5 Å². The summed E-state index contributed by atoms with van der Waals surface area (Å²) in [4.78, 5) is 33.2. The molecule has 4 heterocycles. The molecule has 1 aromatic rings. The number of carbonyl (C=O) groups is 2. The van der Waals surface area contributed by atoms with Gasteiger partial charge >= 0.3 is 6.09 Å². The lowest BCUT2D eigenvalue weighted by atomic mass is 9.75. The first-order chi connectivity index (χ1) is 41.1. The summed E-state index contributed by atoms with van der Waals surface area (Å²) in [6.45, 7) is 11.2. The van der Waals surface area contributed by atoms with Crippen LogP contribution >= 0.6 is 55.5 Å². The maximum absolute atomic E-state index is 14.1. The zero-order valence-corrected chi connectivity index (χ0v) is 54.2. The Balaban J connectivity index is 1.14. The summed E-state index contributed by atoms with van der Waals surface area (Å²) in [5.74, 6) is 11.3. The number of aliphatic hydroxyl groups is 7. The fourth-order valence-corrected chi connectivity index (χ4v) is 14.5. The molecule has 6 aliphatic rings. The summed E-state index contributed by atoms with van der Waals surface area (Å²) in [7, 11) is 9.60. The van der Waals surface area contributed by atoms with Crippen molar-refractivity contribution < 1.29 is 107 Å². The Morgan fingerprint density at radius 2 is 1.64 bits per heavy atom. The molecule has 0 radical (unpaired) electrons. The molecule has 20 atom stereocenters. The van der Waals surface area contributed by atoms with Crippen molar-refractivity contribution in [3.8, 4) is 40.9 Å². The number of aliphatic hydroxyl groups excluding tert-OH is 6. The van der Waals surface area contributed by atoms with E-state index in [9.17, 15) is 45.3 Å². The molecule has 4 aliphatic heterocycles. The lowest BCUT2D eigenvalue weighted by Gasteiger charge is -2.46. The van der Waals surface area contributed by atoms with Crippen LogP contribution in [0.1, 0.15) is 65.0 Å². The molecule has 4 fully saturated rings. The first-order valence-electron chi connectivity index (χ1n) is 27.9. The summed E-state index contributed by atoms with van der Waals surface area (Å²) >= 11 is 2.27. The van der Waals surface area contributed by atoms with Crippen LogP contribution in [0.5, 0.6) is 17.2 Å². The van der Waals surface area contributed by atoms with Gasteiger partial charge in [-0.2, -0.15) is 16.8 Å². The fourth-order valence-electron chi connectivity index (χ4n) is 10.7. The number of nitrogens with one attached hydrogen (secondary N) is 3. The highest BCUT2D eigenvalue weighted by atomic mass is 127. The number of ketones is 1. The molecule has 1 amide bonds. The van der Waals surface area contributed by atoms with E-state index in [0.717, 1.165) is 7.11 Å². The highest BCUT2D eigenvalue weighted by Gasteiger charge is 2.52. The molecule has 0 saturated carbocycles. The van der Waals surface area contributed by atoms with Gasteiger partial charge in [0.25, 0.3) is 0 Å². The Hall–Kier alpha value is -3.17. The number of ether oxygens (including phenoxy) is 12. The van der Waals surface area contributed by atoms with E-state index < -0.39 is 121 Å². The minimum atomic E-state index is -2.10. The van der Waals surface area contributed by atoms with Gasteiger partial charge in [-0.15, -0.1) is 0 Å². The zero-order valence-electron chi connectivity index (χ0n) is 49.5. The van der Waals surface area contributed by atoms with Gasteiger partial charge in [0.15, 0.2) is 41.8 Å². The van der Waals surface area contributed by atoms with Crippen LogP contribution in [0.25, 0.3) is 0 Å². The van der Waals surface area contributed by atoms with Crippen LogP contribution in [0.2, 0.25) is 0 Å². The van der Waals surface area contributed by atoms with Crippen molar-refractivity contribution in [2.75, 3.05) is 61.1 Å². The number of Topliss-reactive ketones (excluding diaryl/α,β-unsaturated/α-hetero) is 1. The first-order valence-corrected chi connectivity index (χ1v) is 32.3. The van der Waals surface area contributed by atoms with E-state index in [1.54, 1.807) is 40.9 Å². The molecule has 2 bridgehead atoms. The lowest BCUT2D eigenvalue weighted by Crippen LogP contribution is -2.65. The van der Waals surface area contributed by atoms with Crippen molar-refractivity contribution in [2.45, 2.75) is 181 Å². The Labute approximate surface area is 525 Å². The molecular weight excluding hydrogens is 1300 g/mol. The topological polar surface area (TPSA) is 332 Å². The predicted octanol–water partition coefficient (Wildman–Crippen LogP) is 1.93. The van der Waals surface area contributed by atoms with Crippen LogP contribution in [-0.2, 0) is 52.3 Å². The number of carbonyl (C=O) groups excluding carboxylic acids is 2. The molecule has 1 aromatic carbocycles. The number of benzene rings is 1. The lowest BCUT2D eigenvalue weighted by molar-refractivity contribution is -0.336. The molecular formula is C57H80IN3O22S3. The van der Waals surface area contributed by atoms with Gasteiger partial charge in [-0.1, -0.05) is 65.2 Å². The number of thiol groups is 1. The first kappa shape index (κ1) is 70.3. The van der Waals surface area contributed by atoms with E-state index in [1.165, 1.54) is 55.1 Å². The van der Waals surface area contributed by atoms with Gasteiger partial charge in [-0.3, -0.25) is 14.9 Å². The molecule has 0 aromatic heterocycles. The molecule has 29 heteroatoms. The number of allylic oxidation sites excluding steroid dienone is 3.